The van der Waals surface area contributed by atoms with Crippen LogP contribution in [0.1, 0.15) is 0 Å². The van der Waals surface area contributed by atoms with Gasteiger partial charge in [-0.15, -0.1) is 0 Å². The Bertz CT molecular complexity index is 562. The Morgan fingerprint density at radius 1 is 1.20 bits per heavy atom. The Hall–Kier alpha value is -1.69. The first-order valence-electron chi connectivity index (χ1n) is 4.04. The molecule has 0 unspecified atom stereocenters. The van der Waals surface area contributed by atoms with Gasteiger partial charge in [-0.25, -0.2) is 0 Å². The van der Waals surface area contributed by atoms with Crippen LogP contribution in [0.3, 0.4) is 0 Å². The van der Waals surface area contributed by atoms with Gasteiger partial charge in [0.25, 0.3) is 5.09 Å². The minimum atomic E-state index is -4.82. The molecule has 0 aliphatic rings. The molecular formula is C9H6FNO3S. The second-order valence-electron chi connectivity index (χ2n) is 2.84. The van der Waals surface area contributed by atoms with Gasteiger partial charge in [-0.2, -0.15) is 8.42 Å². The Kier molecular flexibility index (Phi) is 2.28. The number of rotatable bonds is 2. The molecular weight excluding hydrogens is 221 g/mol. The van der Waals surface area contributed by atoms with E-state index in [-0.39, 0.29) is 5.69 Å². The highest BCUT2D eigenvalue weighted by Gasteiger charge is 2.19. The van der Waals surface area contributed by atoms with Crippen LogP contribution < -0.4 is 0 Å². The maximum absolute atomic E-state index is 12.5. The molecule has 4 nitrogen and oxygen atoms in total. The van der Waals surface area contributed by atoms with Crippen molar-refractivity contribution in [3.63, 3.8) is 0 Å². The maximum atomic E-state index is 12.5. The first-order valence-corrected chi connectivity index (χ1v) is 5.42. The lowest BCUT2D eigenvalue weighted by molar-refractivity contribution is 0.334. The molecule has 15 heavy (non-hydrogen) atoms. The summed E-state index contributed by atoms with van der Waals surface area (Å²) in [6.07, 6.45) is 0. The Morgan fingerprint density at radius 3 is 2.40 bits per heavy atom. The number of aromatic nitrogens is 1. The van der Waals surface area contributed by atoms with Gasteiger partial charge in [-0.3, -0.25) is 0 Å². The second-order valence-corrected chi connectivity index (χ2v) is 4.11. The number of halogens is 1. The van der Waals surface area contributed by atoms with Crippen LogP contribution in [-0.4, -0.2) is 13.6 Å². The molecule has 0 spiro atoms. The first-order chi connectivity index (χ1) is 7.07. The molecule has 0 atom stereocenters. The molecule has 0 saturated heterocycles. The molecule has 0 radical (unpaired) electrons. The normalized spacial score (nSPS) is 11.5. The molecule has 0 N–H and O–H groups in total. The highest BCUT2D eigenvalue weighted by molar-refractivity contribution is 7.86. The van der Waals surface area contributed by atoms with Gasteiger partial charge in [0.1, 0.15) is 5.69 Å². The summed E-state index contributed by atoms with van der Waals surface area (Å²) in [5.41, 5.74) is 0.947. The lowest BCUT2D eigenvalue weighted by Gasteiger charge is -1.90. The van der Waals surface area contributed by atoms with Crippen LogP contribution in [0, 0.1) is 0 Å². The monoisotopic (exact) mass is 227 g/mol. The number of hydrogen-bond donors (Lipinski definition) is 0. The van der Waals surface area contributed by atoms with Crippen molar-refractivity contribution in [3.8, 4) is 11.3 Å². The van der Waals surface area contributed by atoms with Gasteiger partial charge >= 0.3 is 10.2 Å². The van der Waals surface area contributed by atoms with Crippen LogP contribution in [0.15, 0.2) is 46.0 Å². The summed E-state index contributed by atoms with van der Waals surface area (Å²) in [5.74, 6) is 0. The summed E-state index contributed by atoms with van der Waals surface area (Å²) >= 11 is 0. The van der Waals surface area contributed by atoms with Crippen molar-refractivity contribution in [2.45, 2.75) is 5.09 Å². The van der Waals surface area contributed by atoms with Crippen LogP contribution >= 0.6 is 0 Å². The number of benzene rings is 1. The van der Waals surface area contributed by atoms with E-state index in [2.05, 4.69) is 9.68 Å². The molecule has 0 aliphatic heterocycles. The summed E-state index contributed by atoms with van der Waals surface area (Å²) in [7, 11) is -4.82. The van der Waals surface area contributed by atoms with Crippen LogP contribution in [0.2, 0.25) is 0 Å². The first kappa shape index (κ1) is 9.85. The smallest absolute Gasteiger partial charge is 0.341 e. The van der Waals surface area contributed by atoms with E-state index in [9.17, 15) is 12.3 Å². The van der Waals surface area contributed by atoms with Gasteiger partial charge in [0.05, 0.1) is 0 Å². The minimum absolute atomic E-state index is 0.284. The number of hydrogen-bond acceptors (Lipinski definition) is 4. The fourth-order valence-electron chi connectivity index (χ4n) is 1.12. The van der Waals surface area contributed by atoms with Crippen LogP contribution in [0.4, 0.5) is 3.89 Å². The molecule has 1 aromatic carbocycles. The third-order valence-electron chi connectivity index (χ3n) is 1.80. The Balaban J connectivity index is 2.46. The molecule has 78 valence electrons. The lowest BCUT2D eigenvalue weighted by atomic mass is 10.2. The Labute approximate surface area is 85.5 Å². The fraction of sp³-hybridized carbons (Fsp3) is 0. The summed E-state index contributed by atoms with van der Waals surface area (Å²) in [6.45, 7) is 0. The van der Waals surface area contributed by atoms with Gasteiger partial charge in [-0.05, 0) is 0 Å². The van der Waals surface area contributed by atoms with Crippen LogP contribution in [-0.2, 0) is 10.2 Å². The zero-order valence-corrected chi connectivity index (χ0v) is 8.24. The van der Waals surface area contributed by atoms with Gasteiger partial charge in [0, 0.05) is 11.6 Å². The van der Waals surface area contributed by atoms with E-state index in [0.29, 0.717) is 5.56 Å². The summed E-state index contributed by atoms with van der Waals surface area (Å²) in [6, 6.07) is 9.79. The predicted molar refractivity (Wildman–Crippen MR) is 50.2 cm³/mol. The third kappa shape index (κ3) is 2.04. The molecule has 0 amide bonds. The second kappa shape index (κ2) is 3.47. The van der Waals surface area contributed by atoms with Crippen molar-refractivity contribution in [2.24, 2.45) is 0 Å². The Morgan fingerprint density at radius 2 is 1.87 bits per heavy atom. The number of nitrogens with zero attached hydrogens (tertiary/aromatic N) is 1. The van der Waals surface area contributed by atoms with Gasteiger partial charge < -0.3 is 4.52 Å². The average Bonchev–Trinajstić information content (AvgIpc) is 2.67. The molecule has 0 fully saturated rings. The van der Waals surface area contributed by atoms with Crippen LogP contribution in [0.25, 0.3) is 11.3 Å². The molecule has 2 aromatic rings. The zero-order chi connectivity index (χ0) is 10.9. The van der Waals surface area contributed by atoms with Gasteiger partial charge in [-0.1, -0.05) is 39.4 Å². The minimum Gasteiger partial charge on any atom is -0.341 e. The van der Waals surface area contributed by atoms with E-state index >= 15 is 0 Å². The SMILES string of the molecule is O=S(=O)(F)c1cc(-c2ccccc2)no1. The quantitative estimate of drug-likeness (QED) is 0.736. The molecule has 2 rings (SSSR count). The highest BCUT2D eigenvalue weighted by Crippen LogP contribution is 2.21. The van der Waals surface area contributed by atoms with E-state index in [1.807, 2.05) is 0 Å². The van der Waals surface area contributed by atoms with Crippen molar-refractivity contribution in [2.75, 3.05) is 0 Å². The van der Waals surface area contributed by atoms with Crippen LogP contribution in [0.5, 0.6) is 0 Å². The standard InChI is InChI=1S/C9H6FNO3S/c10-15(12,13)9-6-8(11-14-9)7-4-2-1-3-5-7/h1-6H. The maximum Gasteiger partial charge on any atom is 0.368 e. The largest absolute Gasteiger partial charge is 0.368 e. The van der Waals surface area contributed by atoms with E-state index in [4.69, 9.17) is 0 Å². The van der Waals surface area contributed by atoms with Crippen molar-refractivity contribution >= 4 is 10.2 Å². The molecule has 6 heteroatoms. The average molecular weight is 227 g/mol. The predicted octanol–water partition coefficient (Wildman–Crippen LogP) is 2.00. The van der Waals surface area contributed by atoms with Crippen molar-refractivity contribution in [3.05, 3.63) is 36.4 Å². The van der Waals surface area contributed by atoms with E-state index in [0.717, 1.165) is 6.07 Å². The van der Waals surface area contributed by atoms with Crippen molar-refractivity contribution in [1.29, 1.82) is 0 Å². The van der Waals surface area contributed by atoms with Gasteiger partial charge in [0.2, 0.25) is 0 Å². The lowest BCUT2D eigenvalue weighted by Crippen LogP contribution is -1.87. The molecule has 1 aromatic heterocycles. The fourth-order valence-corrected chi connectivity index (χ4v) is 1.50. The summed E-state index contributed by atoms with van der Waals surface area (Å²) < 4.78 is 37.8. The summed E-state index contributed by atoms with van der Waals surface area (Å²) in [4.78, 5) is 0. The summed E-state index contributed by atoms with van der Waals surface area (Å²) in [5, 5.41) is 2.68. The molecule has 0 saturated carbocycles. The van der Waals surface area contributed by atoms with Gasteiger partial charge in [0.15, 0.2) is 0 Å². The third-order valence-corrected chi connectivity index (χ3v) is 2.47. The van der Waals surface area contributed by atoms with Crippen molar-refractivity contribution in [1.82, 2.24) is 5.16 Å². The molecule has 0 bridgehead atoms. The molecule has 0 aliphatic carbocycles. The van der Waals surface area contributed by atoms with E-state index in [1.165, 1.54) is 0 Å². The van der Waals surface area contributed by atoms with E-state index < -0.39 is 15.3 Å². The topological polar surface area (TPSA) is 60.2 Å². The molecule has 1 heterocycles. The van der Waals surface area contributed by atoms with Crippen molar-refractivity contribution < 1.29 is 16.8 Å². The highest BCUT2D eigenvalue weighted by atomic mass is 32.3. The zero-order valence-electron chi connectivity index (χ0n) is 7.42. The van der Waals surface area contributed by atoms with E-state index in [1.54, 1.807) is 30.3 Å².